The average Bonchev–Trinajstić information content (AvgIpc) is 2.46. The van der Waals surface area contributed by atoms with Gasteiger partial charge in [-0.05, 0) is 34.5 Å². The van der Waals surface area contributed by atoms with Crippen molar-refractivity contribution in [2.24, 2.45) is 0 Å². The van der Waals surface area contributed by atoms with Crippen LogP contribution in [0.15, 0.2) is 24.3 Å². The zero-order chi connectivity index (χ0) is 17.6. The third kappa shape index (κ3) is 4.47. The Morgan fingerprint density at radius 3 is 1.91 bits per heavy atom. The minimum Gasteiger partial charge on any atom is -0.376 e. The molecule has 0 saturated heterocycles. The van der Waals surface area contributed by atoms with Crippen molar-refractivity contribution < 1.29 is 9.50 Å². The molecule has 0 fully saturated rings. The first-order valence-electron chi connectivity index (χ1n) is 8.18. The number of rotatable bonds is 4. The summed E-state index contributed by atoms with van der Waals surface area (Å²) in [6.45, 7) is 13.4. The number of hydrogen-bond acceptors (Lipinski definition) is 1. The summed E-state index contributed by atoms with van der Waals surface area (Å²) in [5, 5.41) is 9.99. The van der Waals surface area contributed by atoms with Gasteiger partial charge in [0.25, 0.3) is 0 Å². The van der Waals surface area contributed by atoms with Gasteiger partial charge in [-0.3, -0.25) is 0 Å². The van der Waals surface area contributed by atoms with Crippen molar-refractivity contribution >= 4 is 8.07 Å². The van der Waals surface area contributed by atoms with Gasteiger partial charge in [0, 0.05) is 5.56 Å². The summed E-state index contributed by atoms with van der Waals surface area (Å²) < 4.78 is 13.6. The van der Waals surface area contributed by atoms with Crippen LogP contribution in [0.4, 0.5) is 4.39 Å². The molecular weight excluding hydrogens is 303 g/mol. The quantitative estimate of drug-likeness (QED) is 0.602. The molecule has 0 spiro atoms. The topological polar surface area (TPSA) is 20.2 Å². The van der Waals surface area contributed by atoms with Crippen molar-refractivity contribution in [2.75, 3.05) is 0 Å². The Labute approximate surface area is 141 Å². The van der Waals surface area contributed by atoms with E-state index in [1.165, 1.54) is 12.1 Å². The van der Waals surface area contributed by atoms with Crippen LogP contribution in [-0.4, -0.2) is 13.2 Å². The largest absolute Gasteiger partial charge is 0.376 e. The Balaban J connectivity index is 3.06. The fraction of sp³-hybridized carbons (Fsp3) is 0.500. The minimum atomic E-state index is -1.81. The molecule has 0 radical (unpaired) electrons. The van der Waals surface area contributed by atoms with E-state index < -0.39 is 20.0 Å². The second-order valence-electron chi connectivity index (χ2n) is 6.84. The van der Waals surface area contributed by atoms with Crippen LogP contribution >= 0.6 is 0 Å². The Morgan fingerprint density at radius 1 is 0.913 bits per heavy atom. The zero-order valence-corrected chi connectivity index (χ0v) is 15.9. The maximum atomic E-state index is 13.6. The molecule has 1 aromatic carbocycles. The first-order chi connectivity index (χ1) is 10.7. The summed E-state index contributed by atoms with van der Waals surface area (Å²) >= 11 is 0. The predicted molar refractivity (Wildman–Crippen MR) is 98.0 cm³/mol. The summed E-state index contributed by atoms with van der Waals surface area (Å²) in [6, 6.07) is 6.13. The predicted octanol–water partition coefficient (Wildman–Crippen LogP) is 5.08. The Hall–Kier alpha value is -1.55. The highest BCUT2D eigenvalue weighted by Crippen LogP contribution is 2.40. The SMILES string of the molecule is CC(C)[Si](C#CC#CC(O)c1ccccc1F)(C(C)C)C(C)C. The lowest BCUT2D eigenvalue weighted by Gasteiger charge is -2.37. The molecule has 1 atom stereocenters. The minimum absolute atomic E-state index is 0.196. The van der Waals surface area contributed by atoms with Gasteiger partial charge in [0.1, 0.15) is 20.0 Å². The van der Waals surface area contributed by atoms with E-state index >= 15 is 0 Å². The molecule has 1 nitrogen and oxygen atoms in total. The fourth-order valence-corrected chi connectivity index (χ4v) is 8.60. The second-order valence-corrected chi connectivity index (χ2v) is 12.4. The standard InChI is InChI=1S/C20H27FOSi/c1-15(2)23(16(3)4,17(5)6)14-10-9-13-20(22)18-11-7-8-12-19(18)21/h7-8,11-12,15-17,20,22H,1-6H3. The van der Waals surface area contributed by atoms with E-state index in [1.54, 1.807) is 12.1 Å². The maximum absolute atomic E-state index is 13.6. The summed E-state index contributed by atoms with van der Waals surface area (Å²) in [4.78, 5) is 0. The Bertz CT molecular complexity index is 619. The molecule has 0 saturated carbocycles. The van der Waals surface area contributed by atoms with Crippen LogP contribution in [0, 0.1) is 29.1 Å². The van der Waals surface area contributed by atoms with E-state index in [1.807, 2.05) is 0 Å². The highest BCUT2D eigenvalue weighted by atomic mass is 28.3. The Morgan fingerprint density at radius 2 is 1.43 bits per heavy atom. The van der Waals surface area contributed by atoms with Crippen molar-refractivity contribution in [1.29, 1.82) is 0 Å². The molecular formula is C20H27FOSi. The number of aliphatic hydroxyl groups is 1. The van der Waals surface area contributed by atoms with E-state index in [4.69, 9.17) is 0 Å². The van der Waals surface area contributed by atoms with Gasteiger partial charge in [-0.1, -0.05) is 65.7 Å². The molecule has 1 rings (SSSR count). The van der Waals surface area contributed by atoms with Crippen LogP contribution in [0.5, 0.6) is 0 Å². The second kappa shape index (κ2) is 8.34. The molecule has 23 heavy (non-hydrogen) atoms. The molecule has 0 amide bonds. The van der Waals surface area contributed by atoms with Gasteiger partial charge >= 0.3 is 0 Å². The third-order valence-electron chi connectivity index (χ3n) is 4.62. The van der Waals surface area contributed by atoms with Crippen molar-refractivity contribution in [3.63, 3.8) is 0 Å². The average molecular weight is 331 g/mol. The normalized spacial score (nSPS) is 12.7. The van der Waals surface area contributed by atoms with Crippen LogP contribution in [0.1, 0.15) is 53.2 Å². The number of halogens is 1. The van der Waals surface area contributed by atoms with E-state index in [2.05, 4.69) is 64.8 Å². The van der Waals surface area contributed by atoms with Crippen LogP contribution in [0.25, 0.3) is 0 Å². The molecule has 1 unspecified atom stereocenters. The van der Waals surface area contributed by atoms with Gasteiger partial charge in [0.05, 0.1) is 0 Å². The lowest BCUT2D eigenvalue weighted by Crippen LogP contribution is -2.43. The van der Waals surface area contributed by atoms with Gasteiger partial charge in [-0.25, -0.2) is 4.39 Å². The molecule has 1 N–H and O–H groups in total. The lowest BCUT2D eigenvalue weighted by molar-refractivity contribution is 0.233. The van der Waals surface area contributed by atoms with Gasteiger partial charge in [0.15, 0.2) is 0 Å². The zero-order valence-electron chi connectivity index (χ0n) is 14.9. The molecule has 1 aromatic rings. The van der Waals surface area contributed by atoms with Crippen molar-refractivity contribution in [3.05, 3.63) is 35.6 Å². The number of hydrogen-bond donors (Lipinski definition) is 1. The van der Waals surface area contributed by atoms with Crippen molar-refractivity contribution in [3.8, 4) is 23.3 Å². The number of aliphatic hydroxyl groups excluding tert-OH is 1. The van der Waals surface area contributed by atoms with Gasteiger partial charge in [-0.2, -0.15) is 0 Å². The lowest BCUT2D eigenvalue weighted by atomic mass is 10.1. The molecule has 0 aliphatic heterocycles. The molecule has 0 heterocycles. The molecule has 124 valence electrons. The highest BCUT2D eigenvalue weighted by Gasteiger charge is 2.41. The van der Waals surface area contributed by atoms with E-state index in [-0.39, 0.29) is 5.56 Å². The summed E-state index contributed by atoms with van der Waals surface area (Å²) in [5.41, 5.74) is 5.27. The summed E-state index contributed by atoms with van der Waals surface area (Å²) in [5.74, 6) is 7.89. The fourth-order valence-electron chi connectivity index (χ4n) is 3.45. The van der Waals surface area contributed by atoms with E-state index in [9.17, 15) is 9.50 Å². The third-order valence-corrected chi connectivity index (χ3v) is 10.9. The van der Waals surface area contributed by atoms with Crippen LogP contribution in [-0.2, 0) is 0 Å². The first kappa shape index (κ1) is 19.5. The van der Waals surface area contributed by atoms with Crippen molar-refractivity contribution in [2.45, 2.75) is 64.3 Å². The van der Waals surface area contributed by atoms with Gasteiger partial charge in [0.2, 0.25) is 0 Å². The molecule has 0 aliphatic rings. The van der Waals surface area contributed by atoms with Crippen LogP contribution < -0.4 is 0 Å². The first-order valence-corrected chi connectivity index (χ1v) is 10.4. The Kier molecular flexibility index (Phi) is 7.07. The maximum Gasteiger partial charge on any atom is 0.147 e. The smallest absolute Gasteiger partial charge is 0.147 e. The summed E-state index contributed by atoms with van der Waals surface area (Å²) in [7, 11) is -1.81. The summed E-state index contributed by atoms with van der Waals surface area (Å²) in [6.07, 6.45) is -1.14. The van der Waals surface area contributed by atoms with Crippen molar-refractivity contribution in [1.82, 2.24) is 0 Å². The van der Waals surface area contributed by atoms with Gasteiger partial charge in [-0.15, -0.1) is 5.54 Å². The van der Waals surface area contributed by atoms with Crippen LogP contribution in [0.2, 0.25) is 16.6 Å². The highest BCUT2D eigenvalue weighted by molar-refractivity contribution is 6.90. The molecule has 3 heteroatoms. The van der Waals surface area contributed by atoms with E-state index in [0.717, 1.165) is 0 Å². The molecule has 0 aliphatic carbocycles. The van der Waals surface area contributed by atoms with E-state index in [0.29, 0.717) is 16.6 Å². The monoisotopic (exact) mass is 330 g/mol. The number of benzene rings is 1. The van der Waals surface area contributed by atoms with Gasteiger partial charge < -0.3 is 5.11 Å². The molecule has 0 bridgehead atoms. The van der Waals surface area contributed by atoms with Crippen LogP contribution in [0.3, 0.4) is 0 Å². The molecule has 0 aromatic heterocycles.